The Hall–Kier alpha value is -1.01. The van der Waals surface area contributed by atoms with Gasteiger partial charge in [0.15, 0.2) is 0 Å². The molecule has 76 valence electrons. The van der Waals surface area contributed by atoms with Gasteiger partial charge in [0.25, 0.3) is 11.1 Å². The number of imide groups is 1. The third-order valence-electron chi connectivity index (χ3n) is 1.99. The van der Waals surface area contributed by atoms with Crippen molar-refractivity contribution in [1.82, 2.24) is 10.2 Å². The van der Waals surface area contributed by atoms with Crippen LogP contribution in [0.15, 0.2) is 11.1 Å². The molecule has 1 N–H and O–H groups in total. The number of rotatable bonds is 1. The van der Waals surface area contributed by atoms with E-state index in [2.05, 4.69) is 5.32 Å². The predicted octanol–water partition coefficient (Wildman–Crippen LogP) is 0.143. The van der Waals surface area contributed by atoms with Crippen LogP contribution >= 0.6 is 11.8 Å². The summed E-state index contributed by atoms with van der Waals surface area (Å²) in [6.07, 6.45) is 1.73. The van der Waals surface area contributed by atoms with Crippen molar-refractivity contribution >= 4 is 22.9 Å². The van der Waals surface area contributed by atoms with Gasteiger partial charge in [-0.2, -0.15) is 0 Å². The summed E-state index contributed by atoms with van der Waals surface area (Å²) in [5.74, 6) is -0.300. The van der Waals surface area contributed by atoms with Crippen LogP contribution in [-0.4, -0.2) is 42.3 Å². The van der Waals surface area contributed by atoms with Crippen LogP contribution in [0.5, 0.6) is 0 Å². The third kappa shape index (κ3) is 2.08. The van der Waals surface area contributed by atoms with Gasteiger partial charge in [-0.15, -0.1) is 0 Å². The highest BCUT2D eigenvalue weighted by Gasteiger charge is 2.26. The number of thioether (sulfide) groups is 1. The first-order chi connectivity index (χ1) is 6.75. The van der Waals surface area contributed by atoms with E-state index in [0.29, 0.717) is 18.1 Å². The smallest absolute Gasteiger partial charge is 0.290 e. The molecular formula is C8H10N2O3S. The molecule has 2 saturated heterocycles. The highest BCUT2D eigenvalue weighted by molar-refractivity contribution is 8.18. The Morgan fingerprint density at radius 2 is 2.07 bits per heavy atom. The van der Waals surface area contributed by atoms with E-state index in [9.17, 15) is 9.59 Å². The van der Waals surface area contributed by atoms with Crippen LogP contribution in [0.3, 0.4) is 0 Å². The van der Waals surface area contributed by atoms with Gasteiger partial charge in [-0.25, -0.2) is 0 Å². The van der Waals surface area contributed by atoms with E-state index in [0.717, 1.165) is 24.9 Å². The molecule has 2 aliphatic rings. The normalized spacial score (nSPS) is 25.7. The average molecular weight is 214 g/mol. The molecule has 0 aromatic carbocycles. The molecule has 6 heteroatoms. The van der Waals surface area contributed by atoms with E-state index in [-0.39, 0.29) is 11.1 Å². The van der Waals surface area contributed by atoms with E-state index in [1.807, 2.05) is 4.90 Å². The largest absolute Gasteiger partial charge is 0.378 e. The molecule has 2 rings (SSSR count). The number of carbonyl (C=O) groups excluding carboxylic acids is 2. The van der Waals surface area contributed by atoms with Crippen molar-refractivity contribution in [2.24, 2.45) is 0 Å². The maximum atomic E-state index is 11.2. The molecule has 14 heavy (non-hydrogen) atoms. The fraction of sp³-hybridized carbons (Fsp3) is 0.500. The number of morpholine rings is 1. The van der Waals surface area contributed by atoms with Crippen molar-refractivity contribution < 1.29 is 14.3 Å². The SMILES string of the molecule is O=C1NC(=O)/C(=C/N2CCOCC2)S1. The molecule has 0 aromatic heterocycles. The molecule has 0 atom stereocenters. The molecule has 0 aliphatic carbocycles. The van der Waals surface area contributed by atoms with Crippen LogP contribution < -0.4 is 5.32 Å². The Morgan fingerprint density at radius 1 is 1.36 bits per heavy atom. The molecule has 5 nitrogen and oxygen atoms in total. The minimum atomic E-state index is -0.300. The lowest BCUT2D eigenvalue weighted by atomic mass is 10.4. The lowest BCUT2D eigenvalue weighted by molar-refractivity contribution is -0.115. The van der Waals surface area contributed by atoms with Crippen molar-refractivity contribution in [3.05, 3.63) is 11.1 Å². The summed E-state index contributed by atoms with van der Waals surface area (Å²) in [6.45, 7) is 2.88. The van der Waals surface area contributed by atoms with E-state index in [1.54, 1.807) is 6.20 Å². The second-order valence-corrected chi connectivity index (χ2v) is 4.00. The fourth-order valence-corrected chi connectivity index (χ4v) is 1.97. The number of hydrogen-bond donors (Lipinski definition) is 1. The molecule has 0 aromatic rings. The van der Waals surface area contributed by atoms with Gasteiger partial charge in [0.05, 0.1) is 18.1 Å². The van der Waals surface area contributed by atoms with Crippen LogP contribution in [0.4, 0.5) is 4.79 Å². The number of nitrogens with one attached hydrogen (secondary N) is 1. The fourth-order valence-electron chi connectivity index (χ4n) is 1.28. The average Bonchev–Trinajstić information content (AvgIpc) is 2.47. The number of ether oxygens (including phenoxy) is 1. The highest BCUT2D eigenvalue weighted by Crippen LogP contribution is 2.23. The zero-order chi connectivity index (χ0) is 9.97. The maximum absolute atomic E-state index is 11.2. The van der Waals surface area contributed by atoms with Crippen molar-refractivity contribution in [3.8, 4) is 0 Å². The Balaban J connectivity index is 2.02. The van der Waals surface area contributed by atoms with Gasteiger partial charge in [0, 0.05) is 19.3 Å². The Kier molecular flexibility index (Phi) is 2.74. The van der Waals surface area contributed by atoms with E-state index >= 15 is 0 Å². The first-order valence-electron chi connectivity index (χ1n) is 4.32. The predicted molar refractivity (Wildman–Crippen MR) is 51.6 cm³/mol. The number of carbonyl (C=O) groups is 2. The topological polar surface area (TPSA) is 58.6 Å². The molecule has 2 amide bonds. The minimum Gasteiger partial charge on any atom is -0.378 e. The van der Waals surface area contributed by atoms with Crippen molar-refractivity contribution in [2.45, 2.75) is 0 Å². The van der Waals surface area contributed by atoms with Gasteiger partial charge in [-0.1, -0.05) is 0 Å². The number of amides is 2. The first kappa shape index (κ1) is 9.54. The monoisotopic (exact) mass is 214 g/mol. The summed E-state index contributed by atoms with van der Waals surface area (Å²) in [5, 5.41) is 1.92. The Labute approximate surface area is 85.5 Å². The molecule has 2 aliphatic heterocycles. The molecule has 2 heterocycles. The molecule has 0 saturated carbocycles. The summed E-state index contributed by atoms with van der Waals surface area (Å²) >= 11 is 0.946. The van der Waals surface area contributed by atoms with Crippen LogP contribution in [0.25, 0.3) is 0 Å². The summed E-state index contributed by atoms with van der Waals surface area (Å²) in [7, 11) is 0. The maximum Gasteiger partial charge on any atom is 0.290 e. The van der Waals surface area contributed by atoms with Gasteiger partial charge >= 0.3 is 0 Å². The molecule has 0 radical (unpaired) electrons. The zero-order valence-electron chi connectivity index (χ0n) is 7.49. The van der Waals surface area contributed by atoms with Crippen molar-refractivity contribution in [3.63, 3.8) is 0 Å². The summed E-state index contributed by atoms with van der Waals surface area (Å²) < 4.78 is 5.17. The van der Waals surface area contributed by atoms with Gasteiger partial charge in [-0.3, -0.25) is 14.9 Å². The minimum absolute atomic E-state index is 0.297. The van der Waals surface area contributed by atoms with Gasteiger partial charge < -0.3 is 9.64 Å². The molecule has 0 unspecified atom stereocenters. The second kappa shape index (κ2) is 4.02. The van der Waals surface area contributed by atoms with E-state index in [1.165, 1.54) is 0 Å². The number of nitrogens with zero attached hydrogens (tertiary/aromatic N) is 1. The van der Waals surface area contributed by atoms with Crippen LogP contribution in [0.2, 0.25) is 0 Å². The van der Waals surface area contributed by atoms with Gasteiger partial charge in [0.2, 0.25) is 0 Å². The Morgan fingerprint density at radius 3 is 2.64 bits per heavy atom. The summed E-state index contributed by atoms with van der Waals surface area (Å²) in [5.41, 5.74) is 0. The third-order valence-corrected chi connectivity index (χ3v) is 2.79. The van der Waals surface area contributed by atoms with E-state index < -0.39 is 0 Å². The lowest BCUT2D eigenvalue weighted by Gasteiger charge is -2.25. The van der Waals surface area contributed by atoms with Crippen LogP contribution in [0.1, 0.15) is 0 Å². The molecular weight excluding hydrogens is 204 g/mol. The van der Waals surface area contributed by atoms with Crippen molar-refractivity contribution in [2.75, 3.05) is 26.3 Å². The number of hydrogen-bond acceptors (Lipinski definition) is 5. The Bertz CT molecular complexity index is 297. The van der Waals surface area contributed by atoms with E-state index in [4.69, 9.17) is 4.74 Å². The summed E-state index contributed by atoms with van der Waals surface area (Å²) in [4.78, 5) is 24.5. The van der Waals surface area contributed by atoms with Gasteiger partial charge in [-0.05, 0) is 11.8 Å². The highest BCUT2D eigenvalue weighted by atomic mass is 32.2. The van der Waals surface area contributed by atoms with Crippen molar-refractivity contribution in [1.29, 1.82) is 0 Å². The first-order valence-corrected chi connectivity index (χ1v) is 5.14. The van der Waals surface area contributed by atoms with Crippen LogP contribution in [-0.2, 0) is 9.53 Å². The molecule has 0 spiro atoms. The quantitative estimate of drug-likeness (QED) is 0.629. The van der Waals surface area contributed by atoms with Crippen LogP contribution in [0, 0.1) is 0 Å². The second-order valence-electron chi connectivity index (χ2n) is 2.99. The lowest BCUT2D eigenvalue weighted by Crippen LogP contribution is -2.32. The standard InChI is InChI=1S/C8H10N2O3S/c11-7-6(14-8(12)9-7)5-10-1-3-13-4-2-10/h5H,1-4H2,(H,9,11,12)/b6-5-. The van der Waals surface area contributed by atoms with Gasteiger partial charge in [0.1, 0.15) is 0 Å². The zero-order valence-corrected chi connectivity index (χ0v) is 8.30. The molecule has 0 bridgehead atoms. The summed E-state index contributed by atoms with van der Waals surface area (Å²) in [6, 6.07) is 0. The molecule has 2 fully saturated rings.